The van der Waals surface area contributed by atoms with Gasteiger partial charge in [0.1, 0.15) is 18.0 Å². The number of carbonyl (C=O) groups excluding carboxylic acids is 2. The van der Waals surface area contributed by atoms with E-state index in [4.69, 9.17) is 0 Å². The van der Waals surface area contributed by atoms with Crippen LogP contribution in [0.4, 0.5) is 32.1 Å². The average Bonchev–Trinajstić information content (AvgIpc) is 2.91. The van der Waals surface area contributed by atoms with Gasteiger partial charge in [0.25, 0.3) is 5.91 Å². The van der Waals surface area contributed by atoms with E-state index in [9.17, 15) is 14.0 Å². The molecule has 5 rings (SSSR count). The molecule has 1 aromatic heterocycles. The number of rotatable bonds is 5. The molecule has 3 aromatic carbocycles. The van der Waals surface area contributed by atoms with Crippen LogP contribution in [0, 0.1) is 5.82 Å². The molecule has 0 saturated carbocycles. The van der Waals surface area contributed by atoms with Crippen LogP contribution in [-0.4, -0.2) is 60.0 Å². The molecule has 9 nitrogen and oxygen atoms in total. The zero-order valence-corrected chi connectivity index (χ0v) is 22.1. The highest BCUT2D eigenvalue weighted by molar-refractivity contribution is 9.10. The van der Waals surface area contributed by atoms with Crippen LogP contribution in [0.5, 0.6) is 0 Å². The molecule has 3 amide bonds. The number of urea groups is 1. The minimum absolute atomic E-state index is 0.247. The Kier molecular flexibility index (Phi) is 7.47. The van der Waals surface area contributed by atoms with Gasteiger partial charge in [-0.25, -0.2) is 19.2 Å². The number of anilines is 4. The Morgan fingerprint density at radius 1 is 0.947 bits per heavy atom. The molecule has 0 spiro atoms. The Labute approximate surface area is 227 Å². The second-order valence-corrected chi connectivity index (χ2v) is 9.84. The summed E-state index contributed by atoms with van der Waals surface area (Å²) in [4.78, 5) is 38.6. The summed E-state index contributed by atoms with van der Waals surface area (Å²) < 4.78 is 15.2. The van der Waals surface area contributed by atoms with Crippen LogP contribution in [0.2, 0.25) is 0 Å². The molecule has 4 aromatic rings. The number of nitrogens with one attached hydrogen (secondary N) is 3. The standard InChI is InChI=1S/C27H25BrFN7O2/c1-35-9-11-36(12-10-35)24-15-22-19(25(31-16-30-22)32-21-8-7-18(28)13-20(21)29)14-23(24)33-27(38)34-26(37)17-5-3-2-4-6-17/h2-8,13-16H,9-12H2,1H3,(H,30,31,32)(H2,33,34,37,38). The number of amides is 3. The summed E-state index contributed by atoms with van der Waals surface area (Å²) in [6, 6.07) is 16.1. The molecule has 0 unspecified atom stereocenters. The van der Waals surface area contributed by atoms with Crippen LogP contribution in [-0.2, 0) is 0 Å². The maximum atomic E-state index is 14.5. The molecule has 0 radical (unpaired) electrons. The lowest BCUT2D eigenvalue weighted by Gasteiger charge is -2.35. The SMILES string of the molecule is CN1CCN(c2cc3ncnc(Nc4ccc(Br)cc4F)c3cc2NC(=O)NC(=O)c2ccccc2)CC1. The normalized spacial score (nSPS) is 13.8. The Morgan fingerprint density at radius 3 is 2.45 bits per heavy atom. The van der Waals surface area contributed by atoms with Crippen LogP contribution in [0.15, 0.2) is 71.5 Å². The Bertz CT molecular complexity index is 1490. The number of carbonyl (C=O) groups is 2. The number of aromatic nitrogens is 2. The predicted octanol–water partition coefficient (Wildman–Crippen LogP) is 4.99. The molecule has 1 saturated heterocycles. The van der Waals surface area contributed by atoms with Crippen LogP contribution in [0.1, 0.15) is 10.4 Å². The topological polar surface area (TPSA) is 102 Å². The van der Waals surface area contributed by atoms with Crippen molar-refractivity contribution >= 4 is 61.7 Å². The number of piperazine rings is 1. The number of hydrogen-bond acceptors (Lipinski definition) is 7. The van der Waals surface area contributed by atoms with Crippen molar-refractivity contribution in [2.45, 2.75) is 0 Å². The highest BCUT2D eigenvalue weighted by Crippen LogP contribution is 2.35. The third-order valence-corrected chi connectivity index (χ3v) is 6.79. The van der Waals surface area contributed by atoms with Gasteiger partial charge in [-0.05, 0) is 49.5 Å². The number of nitrogens with zero attached hydrogens (tertiary/aromatic N) is 4. The van der Waals surface area contributed by atoms with Crippen molar-refractivity contribution in [1.82, 2.24) is 20.2 Å². The molecule has 11 heteroatoms. The first kappa shape index (κ1) is 25.6. The van der Waals surface area contributed by atoms with Gasteiger partial charge in [0.05, 0.1) is 22.6 Å². The lowest BCUT2D eigenvalue weighted by Crippen LogP contribution is -2.45. The quantitative estimate of drug-likeness (QED) is 0.307. The lowest BCUT2D eigenvalue weighted by atomic mass is 10.1. The third-order valence-electron chi connectivity index (χ3n) is 6.29. The molecule has 194 valence electrons. The smallest absolute Gasteiger partial charge is 0.326 e. The molecule has 1 fully saturated rings. The van der Waals surface area contributed by atoms with E-state index in [0.717, 1.165) is 31.9 Å². The number of imide groups is 1. The highest BCUT2D eigenvalue weighted by Gasteiger charge is 2.21. The maximum absolute atomic E-state index is 14.5. The lowest BCUT2D eigenvalue weighted by molar-refractivity contribution is 0.0967. The Hall–Kier alpha value is -4.09. The van der Waals surface area contributed by atoms with Gasteiger partial charge < -0.3 is 20.4 Å². The summed E-state index contributed by atoms with van der Waals surface area (Å²) in [5.41, 5.74) is 2.50. The van der Waals surface area contributed by atoms with Gasteiger partial charge in [0.15, 0.2) is 0 Å². The fraction of sp³-hybridized carbons (Fsp3) is 0.185. The maximum Gasteiger partial charge on any atom is 0.326 e. The zero-order valence-electron chi connectivity index (χ0n) is 20.5. The van der Waals surface area contributed by atoms with Crippen LogP contribution >= 0.6 is 15.9 Å². The van der Waals surface area contributed by atoms with E-state index >= 15 is 0 Å². The molecule has 0 bridgehead atoms. The molecule has 2 heterocycles. The van der Waals surface area contributed by atoms with Gasteiger partial charge in [0, 0.05) is 41.6 Å². The van der Waals surface area contributed by atoms with Crippen molar-refractivity contribution in [2.75, 3.05) is 48.8 Å². The van der Waals surface area contributed by atoms with E-state index in [0.29, 0.717) is 32.4 Å². The van der Waals surface area contributed by atoms with Gasteiger partial charge in [-0.15, -0.1) is 0 Å². The van der Waals surface area contributed by atoms with Crippen molar-refractivity contribution in [3.05, 3.63) is 82.8 Å². The molecular formula is C27H25BrFN7O2. The fourth-order valence-corrected chi connectivity index (χ4v) is 4.57. The number of halogens is 2. The van der Waals surface area contributed by atoms with Crippen molar-refractivity contribution in [3.63, 3.8) is 0 Å². The first-order valence-corrected chi connectivity index (χ1v) is 12.8. The summed E-state index contributed by atoms with van der Waals surface area (Å²) in [7, 11) is 2.06. The van der Waals surface area contributed by atoms with E-state index in [1.54, 1.807) is 48.5 Å². The zero-order chi connectivity index (χ0) is 26.6. The third kappa shape index (κ3) is 5.74. The first-order valence-electron chi connectivity index (χ1n) is 12.0. The molecule has 0 aliphatic carbocycles. The first-order chi connectivity index (χ1) is 18.4. The summed E-state index contributed by atoms with van der Waals surface area (Å²) in [6.45, 7) is 3.22. The Morgan fingerprint density at radius 2 is 1.71 bits per heavy atom. The predicted molar refractivity (Wildman–Crippen MR) is 150 cm³/mol. The molecule has 0 atom stereocenters. The summed E-state index contributed by atoms with van der Waals surface area (Å²) >= 11 is 3.26. The Balaban J connectivity index is 1.49. The van der Waals surface area contributed by atoms with Crippen molar-refractivity contribution in [1.29, 1.82) is 0 Å². The van der Waals surface area contributed by atoms with Gasteiger partial charge in [-0.1, -0.05) is 34.1 Å². The second kappa shape index (κ2) is 11.1. The largest absolute Gasteiger partial charge is 0.367 e. The van der Waals surface area contributed by atoms with Gasteiger partial charge in [0.2, 0.25) is 0 Å². The van der Waals surface area contributed by atoms with E-state index < -0.39 is 17.8 Å². The molecule has 3 N–H and O–H groups in total. The van der Waals surface area contributed by atoms with Crippen LogP contribution in [0.3, 0.4) is 0 Å². The summed E-state index contributed by atoms with van der Waals surface area (Å²) in [6.07, 6.45) is 1.41. The summed E-state index contributed by atoms with van der Waals surface area (Å²) in [5.74, 6) is -0.580. The molecule has 1 aliphatic rings. The van der Waals surface area contributed by atoms with E-state index in [-0.39, 0.29) is 5.69 Å². The number of likely N-dealkylation sites (N-methyl/N-ethyl adjacent to an activating group) is 1. The van der Waals surface area contributed by atoms with Gasteiger partial charge in [-0.2, -0.15) is 0 Å². The van der Waals surface area contributed by atoms with Crippen molar-refractivity contribution in [2.24, 2.45) is 0 Å². The van der Waals surface area contributed by atoms with Crippen molar-refractivity contribution < 1.29 is 14.0 Å². The number of hydrogen-bond donors (Lipinski definition) is 3. The van der Waals surface area contributed by atoms with Crippen LogP contribution in [0.25, 0.3) is 10.9 Å². The van der Waals surface area contributed by atoms with Crippen molar-refractivity contribution in [3.8, 4) is 0 Å². The van der Waals surface area contributed by atoms with Gasteiger partial charge in [-0.3, -0.25) is 10.1 Å². The van der Waals surface area contributed by atoms with E-state index in [2.05, 4.69) is 58.7 Å². The van der Waals surface area contributed by atoms with E-state index in [1.807, 2.05) is 6.07 Å². The summed E-state index contributed by atoms with van der Waals surface area (Å²) in [5, 5.41) is 8.83. The van der Waals surface area contributed by atoms with Crippen LogP contribution < -0.4 is 20.9 Å². The second-order valence-electron chi connectivity index (χ2n) is 8.92. The average molecular weight is 578 g/mol. The monoisotopic (exact) mass is 577 g/mol. The molecule has 38 heavy (non-hydrogen) atoms. The molecular weight excluding hydrogens is 553 g/mol. The number of benzene rings is 3. The minimum Gasteiger partial charge on any atom is -0.367 e. The van der Waals surface area contributed by atoms with Gasteiger partial charge >= 0.3 is 6.03 Å². The highest BCUT2D eigenvalue weighted by atomic mass is 79.9. The fourth-order valence-electron chi connectivity index (χ4n) is 4.24. The van der Waals surface area contributed by atoms with E-state index in [1.165, 1.54) is 12.4 Å². The minimum atomic E-state index is -0.668. The molecule has 1 aliphatic heterocycles. The number of fused-ring (bicyclic) bond motifs is 1.